The zero-order chi connectivity index (χ0) is 11.1. The molecule has 84 valence electrons. The van der Waals surface area contributed by atoms with Crippen LogP contribution in [0.1, 0.15) is 26.3 Å². The van der Waals surface area contributed by atoms with Crippen molar-refractivity contribution in [1.29, 1.82) is 0 Å². The highest BCUT2D eigenvalue weighted by Gasteiger charge is 2.02. The lowest BCUT2D eigenvalue weighted by atomic mass is 10.2. The molecular formula is C12H21N3. The first-order valence-electron chi connectivity index (χ1n) is 5.72. The Labute approximate surface area is 92.5 Å². The Morgan fingerprint density at radius 3 is 2.40 bits per heavy atom. The Kier molecular flexibility index (Phi) is 5.12. The number of hydrogen-bond donors (Lipinski definition) is 1. The van der Waals surface area contributed by atoms with Crippen molar-refractivity contribution in [1.82, 2.24) is 10.3 Å². The van der Waals surface area contributed by atoms with Gasteiger partial charge in [0.2, 0.25) is 0 Å². The van der Waals surface area contributed by atoms with E-state index in [1.54, 1.807) is 0 Å². The summed E-state index contributed by atoms with van der Waals surface area (Å²) in [4.78, 5) is 6.71. The van der Waals surface area contributed by atoms with Crippen molar-refractivity contribution in [2.75, 3.05) is 24.5 Å². The van der Waals surface area contributed by atoms with Gasteiger partial charge in [0.25, 0.3) is 0 Å². The van der Waals surface area contributed by atoms with E-state index < -0.39 is 0 Å². The average Bonchev–Trinajstić information content (AvgIpc) is 2.29. The molecule has 0 unspecified atom stereocenters. The molecule has 0 bridgehead atoms. The highest BCUT2D eigenvalue weighted by molar-refractivity contribution is 5.38. The summed E-state index contributed by atoms with van der Waals surface area (Å²) in [6.07, 6.45) is 1.95. The second kappa shape index (κ2) is 6.40. The van der Waals surface area contributed by atoms with E-state index >= 15 is 0 Å². The van der Waals surface area contributed by atoms with Gasteiger partial charge in [-0.05, 0) is 32.0 Å². The molecule has 1 aromatic heterocycles. The van der Waals surface area contributed by atoms with Gasteiger partial charge in [-0.15, -0.1) is 0 Å². The smallest absolute Gasteiger partial charge is 0.128 e. The molecule has 3 nitrogen and oxygen atoms in total. The molecule has 0 amide bonds. The minimum absolute atomic E-state index is 0.905. The lowest BCUT2D eigenvalue weighted by Crippen LogP contribution is -2.23. The molecule has 0 aromatic carbocycles. The summed E-state index contributed by atoms with van der Waals surface area (Å²) in [5.74, 6) is 1.07. The van der Waals surface area contributed by atoms with Crippen molar-refractivity contribution in [3.8, 4) is 0 Å². The summed E-state index contributed by atoms with van der Waals surface area (Å²) in [6.45, 7) is 10.3. The molecule has 0 aliphatic rings. The topological polar surface area (TPSA) is 28.2 Å². The fourth-order valence-corrected chi connectivity index (χ4v) is 1.53. The van der Waals surface area contributed by atoms with Gasteiger partial charge in [0.15, 0.2) is 0 Å². The molecule has 3 heteroatoms. The van der Waals surface area contributed by atoms with Gasteiger partial charge in [0.05, 0.1) is 0 Å². The van der Waals surface area contributed by atoms with E-state index in [0.717, 1.165) is 32.0 Å². The van der Waals surface area contributed by atoms with E-state index in [-0.39, 0.29) is 0 Å². The Balaban J connectivity index is 2.62. The Bertz CT molecular complexity index is 265. The van der Waals surface area contributed by atoms with Crippen LogP contribution in [0.5, 0.6) is 0 Å². The van der Waals surface area contributed by atoms with Crippen LogP contribution in [0, 0.1) is 0 Å². The molecule has 0 saturated carbocycles. The largest absolute Gasteiger partial charge is 0.357 e. The summed E-state index contributed by atoms with van der Waals surface area (Å²) >= 11 is 0. The third kappa shape index (κ3) is 3.51. The predicted molar refractivity (Wildman–Crippen MR) is 65.2 cm³/mol. The van der Waals surface area contributed by atoms with E-state index in [1.165, 1.54) is 5.56 Å². The van der Waals surface area contributed by atoms with Crippen molar-refractivity contribution in [3.63, 3.8) is 0 Å². The molecule has 0 atom stereocenters. The molecule has 1 rings (SSSR count). The maximum atomic E-state index is 4.46. The van der Waals surface area contributed by atoms with Gasteiger partial charge in [-0.3, -0.25) is 0 Å². The lowest BCUT2D eigenvalue weighted by molar-refractivity contribution is 0.723. The van der Waals surface area contributed by atoms with Crippen LogP contribution >= 0.6 is 0 Å². The molecule has 0 spiro atoms. The third-order valence-electron chi connectivity index (χ3n) is 2.48. The Morgan fingerprint density at radius 1 is 1.20 bits per heavy atom. The predicted octanol–water partition coefficient (Wildman–Crippen LogP) is 2.04. The highest BCUT2D eigenvalue weighted by Crippen LogP contribution is 2.10. The number of hydrogen-bond acceptors (Lipinski definition) is 3. The fraction of sp³-hybridized carbons (Fsp3) is 0.583. The summed E-state index contributed by atoms with van der Waals surface area (Å²) in [5, 5.41) is 3.29. The Morgan fingerprint density at radius 2 is 1.93 bits per heavy atom. The maximum absolute atomic E-state index is 4.46. The molecule has 1 aromatic rings. The van der Waals surface area contributed by atoms with E-state index in [4.69, 9.17) is 0 Å². The van der Waals surface area contributed by atoms with Crippen molar-refractivity contribution in [2.45, 2.75) is 27.3 Å². The van der Waals surface area contributed by atoms with Gasteiger partial charge in [0.1, 0.15) is 5.82 Å². The first-order valence-corrected chi connectivity index (χ1v) is 5.72. The van der Waals surface area contributed by atoms with Crippen LogP contribution in [-0.2, 0) is 6.54 Å². The number of anilines is 1. The van der Waals surface area contributed by atoms with Gasteiger partial charge >= 0.3 is 0 Å². The first-order chi connectivity index (χ1) is 7.31. The van der Waals surface area contributed by atoms with Crippen LogP contribution in [0.2, 0.25) is 0 Å². The third-order valence-corrected chi connectivity index (χ3v) is 2.48. The molecule has 0 aliphatic carbocycles. The standard InChI is InChI=1S/C12H21N3/c1-4-13-9-11-7-8-12(14-10-11)15(5-2)6-3/h7-8,10,13H,4-6,9H2,1-3H3. The van der Waals surface area contributed by atoms with Gasteiger partial charge in [-0.2, -0.15) is 0 Å². The SMILES string of the molecule is CCNCc1ccc(N(CC)CC)nc1. The zero-order valence-corrected chi connectivity index (χ0v) is 9.95. The normalized spacial score (nSPS) is 10.3. The van der Waals surface area contributed by atoms with Crippen molar-refractivity contribution >= 4 is 5.82 Å². The van der Waals surface area contributed by atoms with Gasteiger partial charge in [-0.1, -0.05) is 13.0 Å². The quantitative estimate of drug-likeness (QED) is 0.773. The van der Waals surface area contributed by atoms with E-state index in [1.807, 2.05) is 6.20 Å². The summed E-state index contributed by atoms with van der Waals surface area (Å²) in [6, 6.07) is 4.24. The molecule has 15 heavy (non-hydrogen) atoms. The van der Waals surface area contributed by atoms with Crippen LogP contribution in [0.3, 0.4) is 0 Å². The van der Waals surface area contributed by atoms with Crippen LogP contribution in [0.25, 0.3) is 0 Å². The second-order valence-electron chi connectivity index (χ2n) is 3.48. The monoisotopic (exact) mass is 207 g/mol. The van der Waals surface area contributed by atoms with Gasteiger partial charge in [0, 0.05) is 25.8 Å². The Hall–Kier alpha value is -1.09. The molecule has 1 N–H and O–H groups in total. The number of aromatic nitrogens is 1. The first kappa shape index (κ1) is 12.0. The van der Waals surface area contributed by atoms with Crippen LogP contribution in [-0.4, -0.2) is 24.6 Å². The fourth-order valence-electron chi connectivity index (χ4n) is 1.53. The summed E-state index contributed by atoms with van der Waals surface area (Å²) in [5.41, 5.74) is 1.24. The highest BCUT2D eigenvalue weighted by atomic mass is 15.2. The second-order valence-corrected chi connectivity index (χ2v) is 3.48. The van der Waals surface area contributed by atoms with Crippen LogP contribution in [0.4, 0.5) is 5.82 Å². The van der Waals surface area contributed by atoms with E-state index in [2.05, 4.69) is 48.1 Å². The average molecular weight is 207 g/mol. The van der Waals surface area contributed by atoms with E-state index in [0.29, 0.717) is 0 Å². The molecule has 0 radical (unpaired) electrons. The minimum Gasteiger partial charge on any atom is -0.357 e. The summed E-state index contributed by atoms with van der Waals surface area (Å²) in [7, 11) is 0. The van der Waals surface area contributed by atoms with Crippen molar-refractivity contribution in [3.05, 3.63) is 23.9 Å². The molecule has 0 aliphatic heterocycles. The van der Waals surface area contributed by atoms with Crippen molar-refractivity contribution < 1.29 is 0 Å². The number of rotatable bonds is 6. The van der Waals surface area contributed by atoms with E-state index in [9.17, 15) is 0 Å². The summed E-state index contributed by atoms with van der Waals surface area (Å²) < 4.78 is 0. The van der Waals surface area contributed by atoms with Crippen LogP contribution in [0.15, 0.2) is 18.3 Å². The van der Waals surface area contributed by atoms with Crippen molar-refractivity contribution in [2.24, 2.45) is 0 Å². The van der Waals surface area contributed by atoms with Crippen LogP contribution < -0.4 is 10.2 Å². The molecule has 0 fully saturated rings. The zero-order valence-electron chi connectivity index (χ0n) is 9.95. The number of nitrogens with one attached hydrogen (secondary N) is 1. The number of nitrogens with zero attached hydrogens (tertiary/aromatic N) is 2. The molecular weight excluding hydrogens is 186 g/mol. The number of pyridine rings is 1. The molecule has 1 heterocycles. The lowest BCUT2D eigenvalue weighted by Gasteiger charge is -2.19. The van der Waals surface area contributed by atoms with Gasteiger partial charge < -0.3 is 10.2 Å². The molecule has 0 saturated heterocycles. The minimum atomic E-state index is 0.905. The maximum Gasteiger partial charge on any atom is 0.128 e. The van der Waals surface area contributed by atoms with Gasteiger partial charge in [-0.25, -0.2) is 4.98 Å².